The van der Waals surface area contributed by atoms with Gasteiger partial charge < -0.3 is 19.5 Å². The van der Waals surface area contributed by atoms with Gasteiger partial charge in [-0.25, -0.2) is 4.39 Å². The minimum absolute atomic E-state index is 0.0979. The van der Waals surface area contributed by atoms with Crippen molar-refractivity contribution >= 4 is 29.1 Å². The van der Waals surface area contributed by atoms with Crippen LogP contribution in [0.25, 0.3) is 17.2 Å². The fourth-order valence-corrected chi connectivity index (χ4v) is 6.61. The number of amides is 1. The molecule has 8 heteroatoms. The van der Waals surface area contributed by atoms with Crippen LogP contribution in [0.2, 0.25) is 0 Å². The van der Waals surface area contributed by atoms with Crippen LogP contribution < -0.4 is 19.5 Å². The Morgan fingerprint density at radius 2 is 1.45 bits per heavy atom. The summed E-state index contributed by atoms with van der Waals surface area (Å²) in [6.45, 7) is 4.55. The average molecular weight is 699 g/mol. The second-order valence-electron chi connectivity index (χ2n) is 13.4. The molecule has 0 spiro atoms. The van der Waals surface area contributed by atoms with Crippen molar-refractivity contribution in [1.82, 2.24) is 10.3 Å². The molecule has 1 aliphatic carbocycles. The first-order valence-corrected chi connectivity index (χ1v) is 18.7. The smallest absolute Gasteiger partial charge is 0.311 e. The van der Waals surface area contributed by atoms with Gasteiger partial charge in [0.2, 0.25) is 11.7 Å². The molecule has 0 radical (unpaired) electrons. The number of esters is 1. The van der Waals surface area contributed by atoms with Gasteiger partial charge >= 0.3 is 5.97 Å². The van der Waals surface area contributed by atoms with Crippen molar-refractivity contribution in [3.05, 3.63) is 88.5 Å². The van der Waals surface area contributed by atoms with Crippen molar-refractivity contribution in [2.45, 2.75) is 117 Å². The molecular formula is C43H55FN2O5. The quantitative estimate of drug-likeness (QED) is 0.0638. The standard InChI is InChI=1S/C43H55FN2O5/c1-5-6-7-8-9-10-11-12-13-14-15-16-17-20-42(48)51-43-39(49-3)25-33(26-40(43)50-4)24-36-31(2)37(38-27-34(44)21-22-35(36)38)28-41(47)46-30-32-19-18-23-45-29-32/h18-19,21-27,29H,5-17,20,28,30H2,1-4H3,(H,46,47)/b36-24-. The molecule has 0 aliphatic heterocycles. The monoisotopic (exact) mass is 698 g/mol. The molecule has 2 aromatic carbocycles. The van der Waals surface area contributed by atoms with Gasteiger partial charge in [0.1, 0.15) is 5.82 Å². The van der Waals surface area contributed by atoms with Crippen LogP contribution in [0.5, 0.6) is 17.2 Å². The summed E-state index contributed by atoms with van der Waals surface area (Å²) in [5.74, 6) is 0.122. The highest BCUT2D eigenvalue weighted by Gasteiger charge is 2.26. The first-order valence-electron chi connectivity index (χ1n) is 18.7. The molecule has 1 heterocycles. The summed E-state index contributed by atoms with van der Waals surface area (Å²) >= 11 is 0. The van der Waals surface area contributed by atoms with E-state index in [9.17, 15) is 14.0 Å². The van der Waals surface area contributed by atoms with Crippen LogP contribution in [-0.2, 0) is 16.1 Å². The van der Waals surface area contributed by atoms with Crippen molar-refractivity contribution in [2.75, 3.05) is 14.2 Å². The Kier molecular flexibility index (Phi) is 16.2. The number of aromatic nitrogens is 1. The average Bonchev–Trinajstić information content (AvgIpc) is 3.38. The molecule has 4 rings (SSSR count). The second kappa shape index (κ2) is 21.0. The third-order valence-electron chi connectivity index (χ3n) is 9.50. The maximum Gasteiger partial charge on any atom is 0.311 e. The Bertz CT molecular complexity index is 1620. The highest BCUT2D eigenvalue weighted by molar-refractivity contribution is 6.08. The van der Waals surface area contributed by atoms with Crippen LogP contribution in [0.15, 0.2) is 60.4 Å². The van der Waals surface area contributed by atoms with Crippen LogP contribution in [-0.4, -0.2) is 31.1 Å². The van der Waals surface area contributed by atoms with Gasteiger partial charge in [-0.2, -0.15) is 0 Å². The summed E-state index contributed by atoms with van der Waals surface area (Å²) in [6.07, 6.45) is 21.9. The lowest BCUT2D eigenvalue weighted by atomic mass is 10.00. The molecule has 1 amide bonds. The number of allylic oxidation sites excluding steroid dienone is 2. The van der Waals surface area contributed by atoms with Gasteiger partial charge in [-0.3, -0.25) is 14.6 Å². The first-order chi connectivity index (χ1) is 24.8. The number of halogens is 1. The minimum atomic E-state index is -0.371. The summed E-state index contributed by atoms with van der Waals surface area (Å²) in [5, 5.41) is 2.94. The molecule has 1 N–H and O–H groups in total. The number of carbonyl (C=O) groups is 2. The molecule has 0 saturated carbocycles. The number of ether oxygens (including phenoxy) is 3. The number of hydrogen-bond acceptors (Lipinski definition) is 6. The van der Waals surface area contributed by atoms with E-state index in [1.807, 2.05) is 25.1 Å². The highest BCUT2D eigenvalue weighted by Crippen LogP contribution is 2.45. The molecule has 0 bridgehead atoms. The molecule has 0 unspecified atom stereocenters. The number of hydrogen-bond donors (Lipinski definition) is 1. The molecule has 274 valence electrons. The number of nitrogens with zero attached hydrogens (tertiary/aromatic N) is 1. The Morgan fingerprint density at radius 3 is 2.04 bits per heavy atom. The normalized spacial score (nSPS) is 13.0. The molecule has 3 aromatic rings. The molecule has 0 fully saturated rings. The number of carbonyl (C=O) groups excluding carboxylic acids is 2. The number of pyridine rings is 1. The number of methoxy groups -OCH3 is 2. The maximum absolute atomic E-state index is 14.5. The van der Waals surface area contributed by atoms with E-state index in [0.717, 1.165) is 52.7 Å². The molecule has 1 aliphatic rings. The van der Waals surface area contributed by atoms with Gasteiger partial charge in [0.25, 0.3) is 0 Å². The Labute approximate surface area is 303 Å². The van der Waals surface area contributed by atoms with Crippen LogP contribution in [0.3, 0.4) is 0 Å². The SMILES string of the molecule is CCCCCCCCCCCCCCCC(=O)Oc1c(OC)cc(/C=C2/C(C)=C(CC(=O)NCc3cccnc3)c3cc(F)ccc32)cc1OC. The molecular weight excluding hydrogens is 643 g/mol. The predicted octanol–water partition coefficient (Wildman–Crippen LogP) is 10.7. The highest BCUT2D eigenvalue weighted by atomic mass is 19.1. The largest absolute Gasteiger partial charge is 0.493 e. The molecule has 1 aromatic heterocycles. The van der Waals surface area contributed by atoms with E-state index in [1.54, 1.807) is 30.6 Å². The first kappa shape index (κ1) is 39.3. The van der Waals surface area contributed by atoms with E-state index in [0.29, 0.717) is 30.0 Å². The summed E-state index contributed by atoms with van der Waals surface area (Å²) in [6, 6.07) is 11.9. The van der Waals surface area contributed by atoms with E-state index in [4.69, 9.17) is 14.2 Å². The Morgan fingerprint density at radius 1 is 0.824 bits per heavy atom. The number of fused-ring (bicyclic) bond motifs is 1. The number of nitrogens with one attached hydrogen (secondary N) is 1. The molecule has 7 nitrogen and oxygen atoms in total. The van der Waals surface area contributed by atoms with Crippen LogP contribution in [0.1, 0.15) is 132 Å². The zero-order valence-electron chi connectivity index (χ0n) is 31.0. The summed E-state index contributed by atoms with van der Waals surface area (Å²) in [5.41, 5.74) is 5.65. The van der Waals surface area contributed by atoms with Gasteiger partial charge in [0.05, 0.1) is 20.6 Å². The van der Waals surface area contributed by atoms with Gasteiger partial charge in [-0.1, -0.05) is 96.1 Å². The van der Waals surface area contributed by atoms with E-state index in [-0.39, 0.29) is 29.9 Å². The lowest BCUT2D eigenvalue weighted by Gasteiger charge is -2.15. The number of rotatable bonds is 22. The van der Waals surface area contributed by atoms with Crippen molar-refractivity contribution in [3.8, 4) is 17.2 Å². The van der Waals surface area contributed by atoms with Crippen molar-refractivity contribution in [2.24, 2.45) is 0 Å². The maximum atomic E-state index is 14.5. The lowest BCUT2D eigenvalue weighted by Crippen LogP contribution is -2.22. The molecule has 51 heavy (non-hydrogen) atoms. The Hall–Kier alpha value is -4.46. The Balaban J connectivity index is 1.35. The van der Waals surface area contributed by atoms with Crippen LogP contribution in [0.4, 0.5) is 4.39 Å². The fraction of sp³-hybridized carbons (Fsp3) is 0.465. The van der Waals surface area contributed by atoms with Gasteiger partial charge in [0.15, 0.2) is 11.5 Å². The van der Waals surface area contributed by atoms with Gasteiger partial charge in [-0.05, 0) is 88.7 Å². The zero-order valence-corrected chi connectivity index (χ0v) is 31.0. The number of unbranched alkanes of at least 4 members (excludes halogenated alkanes) is 12. The number of benzene rings is 2. The lowest BCUT2D eigenvalue weighted by molar-refractivity contribution is -0.134. The fourth-order valence-electron chi connectivity index (χ4n) is 6.61. The summed E-state index contributed by atoms with van der Waals surface area (Å²) in [7, 11) is 3.05. The van der Waals surface area contributed by atoms with Gasteiger partial charge in [0, 0.05) is 25.4 Å². The summed E-state index contributed by atoms with van der Waals surface area (Å²) in [4.78, 5) is 30.0. The third-order valence-corrected chi connectivity index (χ3v) is 9.50. The van der Waals surface area contributed by atoms with Crippen LogP contribution in [0, 0.1) is 5.82 Å². The van der Waals surface area contributed by atoms with Crippen molar-refractivity contribution in [1.29, 1.82) is 0 Å². The third kappa shape index (κ3) is 12.1. The minimum Gasteiger partial charge on any atom is -0.493 e. The predicted molar refractivity (Wildman–Crippen MR) is 203 cm³/mol. The molecule has 0 saturated heterocycles. The second-order valence-corrected chi connectivity index (χ2v) is 13.4. The molecule has 0 atom stereocenters. The van der Waals surface area contributed by atoms with Gasteiger partial charge in [-0.15, -0.1) is 0 Å². The zero-order chi connectivity index (χ0) is 36.4. The summed E-state index contributed by atoms with van der Waals surface area (Å²) < 4.78 is 31.6. The van der Waals surface area contributed by atoms with E-state index >= 15 is 0 Å². The van der Waals surface area contributed by atoms with Crippen molar-refractivity contribution < 1.29 is 28.2 Å². The van der Waals surface area contributed by atoms with Crippen LogP contribution >= 0.6 is 0 Å². The van der Waals surface area contributed by atoms with Crippen molar-refractivity contribution in [3.63, 3.8) is 0 Å². The topological polar surface area (TPSA) is 86.8 Å². The van der Waals surface area contributed by atoms with E-state index < -0.39 is 0 Å². The van der Waals surface area contributed by atoms with E-state index in [1.165, 1.54) is 90.6 Å². The van der Waals surface area contributed by atoms with E-state index in [2.05, 4.69) is 17.2 Å².